The first kappa shape index (κ1) is 15.8. The largest absolute Gasteiger partial charge is 0.481 e. The van der Waals surface area contributed by atoms with E-state index in [0.29, 0.717) is 17.7 Å². The van der Waals surface area contributed by atoms with Crippen LogP contribution in [0.5, 0.6) is 0 Å². The van der Waals surface area contributed by atoms with E-state index >= 15 is 0 Å². The molecule has 1 rings (SSSR count). The van der Waals surface area contributed by atoms with Gasteiger partial charge in [-0.3, -0.25) is 9.59 Å². The molecule has 4 nitrogen and oxygen atoms in total. The SMILES string of the molecule is CC(C)(C)C(C(=O)O)C(=O)N(CC(F)(F)F)C1CC1. The molecular weight excluding hydrogens is 263 g/mol. The number of rotatable bonds is 4. The second kappa shape index (κ2) is 5.02. The van der Waals surface area contributed by atoms with Crippen molar-refractivity contribution in [3.05, 3.63) is 0 Å². The van der Waals surface area contributed by atoms with Gasteiger partial charge in [-0.05, 0) is 18.3 Å². The minimum Gasteiger partial charge on any atom is -0.481 e. The fourth-order valence-electron chi connectivity index (χ4n) is 1.98. The highest BCUT2D eigenvalue weighted by atomic mass is 19.4. The van der Waals surface area contributed by atoms with E-state index in [2.05, 4.69) is 0 Å². The van der Waals surface area contributed by atoms with Crippen LogP contribution in [-0.4, -0.2) is 40.6 Å². The van der Waals surface area contributed by atoms with Crippen molar-refractivity contribution < 1.29 is 27.9 Å². The Kier molecular flexibility index (Phi) is 4.17. The molecule has 0 aromatic carbocycles. The summed E-state index contributed by atoms with van der Waals surface area (Å²) in [5.74, 6) is -3.79. The van der Waals surface area contributed by atoms with Gasteiger partial charge in [0, 0.05) is 6.04 Å². The average molecular weight is 281 g/mol. The number of nitrogens with zero attached hydrogens (tertiary/aromatic N) is 1. The molecular formula is C12H18F3NO3. The molecule has 0 aromatic heterocycles. The lowest BCUT2D eigenvalue weighted by molar-refractivity contribution is -0.172. The number of amides is 1. The maximum Gasteiger partial charge on any atom is 0.406 e. The number of hydrogen-bond acceptors (Lipinski definition) is 2. The highest BCUT2D eigenvalue weighted by Gasteiger charge is 2.47. The molecule has 1 aliphatic rings. The fraction of sp³-hybridized carbons (Fsp3) is 0.833. The van der Waals surface area contributed by atoms with Crippen molar-refractivity contribution in [2.75, 3.05) is 6.54 Å². The summed E-state index contributed by atoms with van der Waals surface area (Å²) in [6.07, 6.45) is -3.52. The average Bonchev–Trinajstić information content (AvgIpc) is 2.92. The normalized spacial score (nSPS) is 18.0. The van der Waals surface area contributed by atoms with Crippen LogP contribution in [0.1, 0.15) is 33.6 Å². The molecule has 0 aromatic rings. The number of halogens is 3. The van der Waals surface area contributed by atoms with E-state index < -0.39 is 42.0 Å². The smallest absolute Gasteiger partial charge is 0.406 e. The van der Waals surface area contributed by atoms with Gasteiger partial charge in [-0.2, -0.15) is 13.2 Å². The Morgan fingerprint density at radius 3 is 2.00 bits per heavy atom. The summed E-state index contributed by atoms with van der Waals surface area (Å²) < 4.78 is 37.4. The summed E-state index contributed by atoms with van der Waals surface area (Å²) in [6, 6.07) is -0.474. The standard InChI is InChI=1S/C12H18F3NO3/c1-11(2,3)8(10(18)19)9(17)16(7-4-5-7)6-12(13,14)15/h7-8H,4-6H2,1-3H3,(H,18,19). The molecule has 0 saturated heterocycles. The van der Waals surface area contributed by atoms with Crippen LogP contribution >= 0.6 is 0 Å². The second-order valence-corrected chi connectivity index (χ2v) is 5.95. The van der Waals surface area contributed by atoms with Crippen molar-refractivity contribution in [1.29, 1.82) is 0 Å². The van der Waals surface area contributed by atoms with Crippen LogP contribution in [0.3, 0.4) is 0 Å². The van der Waals surface area contributed by atoms with Crippen LogP contribution in [0.4, 0.5) is 13.2 Å². The third-order valence-electron chi connectivity index (χ3n) is 2.98. The van der Waals surface area contributed by atoms with Crippen molar-refractivity contribution in [2.45, 2.75) is 45.8 Å². The first-order valence-electron chi connectivity index (χ1n) is 6.03. The Hall–Kier alpha value is -1.27. The minimum atomic E-state index is -4.51. The van der Waals surface area contributed by atoms with E-state index in [0.717, 1.165) is 0 Å². The number of alkyl halides is 3. The molecule has 7 heteroatoms. The van der Waals surface area contributed by atoms with Gasteiger partial charge in [0.05, 0.1) is 0 Å². The quantitative estimate of drug-likeness (QED) is 0.804. The Morgan fingerprint density at radius 2 is 1.74 bits per heavy atom. The van der Waals surface area contributed by atoms with Crippen molar-refractivity contribution >= 4 is 11.9 Å². The first-order valence-corrected chi connectivity index (χ1v) is 6.03. The zero-order valence-electron chi connectivity index (χ0n) is 11.1. The molecule has 1 aliphatic carbocycles. The second-order valence-electron chi connectivity index (χ2n) is 5.95. The number of aliphatic carboxylic acids is 1. The van der Waals surface area contributed by atoms with Gasteiger partial charge in [0.25, 0.3) is 0 Å². The molecule has 0 aliphatic heterocycles. The Balaban J connectivity index is 2.95. The van der Waals surface area contributed by atoms with Gasteiger partial charge in [-0.15, -0.1) is 0 Å². The van der Waals surface area contributed by atoms with Crippen molar-refractivity contribution in [2.24, 2.45) is 11.3 Å². The molecule has 0 spiro atoms. The fourth-order valence-corrected chi connectivity index (χ4v) is 1.98. The topological polar surface area (TPSA) is 57.6 Å². The summed E-state index contributed by atoms with van der Waals surface area (Å²) in [7, 11) is 0. The van der Waals surface area contributed by atoms with Crippen LogP contribution in [0.2, 0.25) is 0 Å². The predicted octanol–water partition coefficient (Wildman–Crippen LogP) is 2.29. The van der Waals surface area contributed by atoms with Crippen molar-refractivity contribution in [1.82, 2.24) is 4.90 Å². The summed E-state index contributed by atoms with van der Waals surface area (Å²) in [4.78, 5) is 24.0. The van der Waals surface area contributed by atoms with Gasteiger partial charge >= 0.3 is 12.1 Å². The first-order chi connectivity index (χ1) is 8.43. The molecule has 1 unspecified atom stereocenters. The molecule has 0 radical (unpaired) electrons. The predicted molar refractivity (Wildman–Crippen MR) is 61.4 cm³/mol. The maximum absolute atomic E-state index is 12.5. The molecule has 1 fully saturated rings. The summed E-state index contributed by atoms with van der Waals surface area (Å²) in [6.45, 7) is 3.21. The summed E-state index contributed by atoms with van der Waals surface area (Å²) in [5, 5.41) is 9.10. The number of carboxylic acid groups (broad SMARTS) is 1. The van der Waals surface area contributed by atoms with E-state index in [1.807, 2.05) is 0 Å². The lowest BCUT2D eigenvalue weighted by Gasteiger charge is -2.32. The molecule has 1 amide bonds. The molecule has 110 valence electrons. The van der Waals surface area contributed by atoms with Crippen LogP contribution in [0, 0.1) is 11.3 Å². The number of carboxylic acids is 1. The molecule has 1 N–H and O–H groups in total. The zero-order chi connectivity index (χ0) is 15.0. The van der Waals surface area contributed by atoms with Gasteiger partial charge in [0.1, 0.15) is 12.5 Å². The van der Waals surface area contributed by atoms with Gasteiger partial charge in [-0.1, -0.05) is 20.8 Å². The van der Waals surface area contributed by atoms with Gasteiger partial charge in [-0.25, -0.2) is 0 Å². The van der Waals surface area contributed by atoms with Crippen LogP contribution in [-0.2, 0) is 9.59 Å². The number of carbonyl (C=O) groups excluding carboxylic acids is 1. The molecule has 19 heavy (non-hydrogen) atoms. The highest BCUT2D eigenvalue weighted by molar-refractivity contribution is 5.98. The van der Waals surface area contributed by atoms with Crippen molar-refractivity contribution in [3.63, 3.8) is 0 Å². The Labute approximate surface area is 109 Å². The van der Waals surface area contributed by atoms with E-state index in [9.17, 15) is 22.8 Å². The Morgan fingerprint density at radius 1 is 1.26 bits per heavy atom. The Bertz CT molecular complexity index is 369. The third kappa shape index (κ3) is 4.40. The molecule has 0 bridgehead atoms. The van der Waals surface area contributed by atoms with Crippen LogP contribution in [0.25, 0.3) is 0 Å². The van der Waals surface area contributed by atoms with Crippen LogP contribution in [0.15, 0.2) is 0 Å². The van der Waals surface area contributed by atoms with Gasteiger partial charge < -0.3 is 10.0 Å². The van der Waals surface area contributed by atoms with E-state index in [4.69, 9.17) is 5.11 Å². The van der Waals surface area contributed by atoms with E-state index in [1.54, 1.807) is 0 Å². The minimum absolute atomic E-state index is 0.474. The highest BCUT2D eigenvalue weighted by Crippen LogP contribution is 2.35. The van der Waals surface area contributed by atoms with Crippen molar-refractivity contribution in [3.8, 4) is 0 Å². The lowest BCUT2D eigenvalue weighted by Crippen LogP contribution is -2.49. The van der Waals surface area contributed by atoms with E-state index in [-0.39, 0.29) is 0 Å². The number of hydrogen-bond donors (Lipinski definition) is 1. The summed E-state index contributed by atoms with van der Waals surface area (Å²) >= 11 is 0. The monoisotopic (exact) mass is 281 g/mol. The molecule has 1 atom stereocenters. The molecule has 1 saturated carbocycles. The van der Waals surface area contributed by atoms with Crippen LogP contribution < -0.4 is 0 Å². The molecule has 0 heterocycles. The maximum atomic E-state index is 12.5. The lowest BCUT2D eigenvalue weighted by atomic mass is 9.79. The third-order valence-corrected chi connectivity index (χ3v) is 2.98. The zero-order valence-corrected chi connectivity index (χ0v) is 11.1. The van der Waals surface area contributed by atoms with Gasteiger partial charge in [0.2, 0.25) is 5.91 Å². The summed E-state index contributed by atoms with van der Waals surface area (Å²) in [5.41, 5.74) is -0.929. The van der Waals surface area contributed by atoms with E-state index in [1.165, 1.54) is 20.8 Å². The number of carbonyl (C=O) groups is 2. The van der Waals surface area contributed by atoms with Gasteiger partial charge in [0.15, 0.2) is 0 Å².